The van der Waals surface area contributed by atoms with Crippen LogP contribution in [-0.4, -0.2) is 22.3 Å². The summed E-state index contributed by atoms with van der Waals surface area (Å²) >= 11 is 0. The van der Waals surface area contributed by atoms with Gasteiger partial charge in [-0.3, -0.25) is 5.43 Å². The molecule has 1 aromatic carbocycles. The maximum absolute atomic E-state index is 10.3. The highest BCUT2D eigenvalue weighted by Crippen LogP contribution is 2.04. The minimum absolute atomic E-state index is 0. The third-order valence-corrected chi connectivity index (χ3v) is 1.44. The fourth-order valence-corrected chi connectivity index (χ4v) is 0.709. The van der Waals surface area contributed by atoms with E-state index < -0.39 is 5.97 Å². The normalized spacial score (nSPS) is 10.2. The van der Waals surface area contributed by atoms with E-state index in [9.17, 15) is 4.79 Å². The van der Waals surface area contributed by atoms with Gasteiger partial charge in [0.05, 0.1) is 5.69 Å². The first-order chi connectivity index (χ1) is 6.20. The number of para-hydroxylation sites is 1. The SMILES string of the molecule is C/C(=N\Nc1ccccc1)C(=O)O.O. The summed E-state index contributed by atoms with van der Waals surface area (Å²) in [6, 6.07) is 9.16. The number of anilines is 1. The molecule has 4 N–H and O–H groups in total. The van der Waals surface area contributed by atoms with Crippen LogP contribution in [0, 0.1) is 0 Å². The summed E-state index contributed by atoms with van der Waals surface area (Å²) in [4.78, 5) is 10.3. The molecule has 0 atom stereocenters. The van der Waals surface area contributed by atoms with Gasteiger partial charge < -0.3 is 10.6 Å². The topological polar surface area (TPSA) is 93.2 Å². The highest BCUT2D eigenvalue weighted by Gasteiger charge is 1.99. The largest absolute Gasteiger partial charge is 0.477 e. The number of aliphatic carboxylic acids is 1. The van der Waals surface area contributed by atoms with Crippen molar-refractivity contribution in [1.82, 2.24) is 0 Å². The van der Waals surface area contributed by atoms with Gasteiger partial charge in [0.1, 0.15) is 5.71 Å². The lowest BCUT2D eigenvalue weighted by Crippen LogP contribution is -2.10. The molecule has 0 aliphatic heterocycles. The Morgan fingerprint density at radius 1 is 1.36 bits per heavy atom. The van der Waals surface area contributed by atoms with Gasteiger partial charge in [0, 0.05) is 0 Å². The van der Waals surface area contributed by atoms with Gasteiger partial charge in [0.2, 0.25) is 0 Å². The zero-order chi connectivity index (χ0) is 9.68. The Kier molecular flexibility index (Phi) is 4.95. The molecule has 0 bridgehead atoms. The molecule has 0 heterocycles. The van der Waals surface area contributed by atoms with Crippen LogP contribution in [0.2, 0.25) is 0 Å². The summed E-state index contributed by atoms with van der Waals surface area (Å²) < 4.78 is 0. The number of carboxylic acids is 1. The average Bonchev–Trinajstić information content (AvgIpc) is 2.15. The van der Waals surface area contributed by atoms with Crippen LogP contribution in [0.1, 0.15) is 6.92 Å². The number of hydrogen-bond donors (Lipinski definition) is 2. The van der Waals surface area contributed by atoms with Crippen LogP contribution in [0.4, 0.5) is 5.69 Å². The fourth-order valence-electron chi connectivity index (χ4n) is 0.709. The van der Waals surface area contributed by atoms with Crippen molar-refractivity contribution in [3.8, 4) is 0 Å². The summed E-state index contributed by atoms with van der Waals surface area (Å²) in [7, 11) is 0. The van der Waals surface area contributed by atoms with E-state index in [4.69, 9.17) is 5.11 Å². The van der Waals surface area contributed by atoms with Gasteiger partial charge in [0.15, 0.2) is 0 Å². The van der Waals surface area contributed by atoms with Crippen LogP contribution < -0.4 is 5.43 Å². The molecule has 14 heavy (non-hydrogen) atoms. The number of nitrogens with one attached hydrogen (secondary N) is 1. The Balaban J connectivity index is 0.00000169. The highest BCUT2D eigenvalue weighted by atomic mass is 16.4. The number of carboxylic acid groups (broad SMARTS) is 1. The number of nitrogens with zero attached hydrogens (tertiary/aromatic N) is 1. The van der Waals surface area contributed by atoms with E-state index in [1.807, 2.05) is 18.2 Å². The number of carbonyl (C=O) groups is 1. The molecule has 0 spiro atoms. The first kappa shape index (κ1) is 12.1. The van der Waals surface area contributed by atoms with Crippen molar-refractivity contribution in [2.75, 3.05) is 5.43 Å². The molecule has 0 radical (unpaired) electrons. The first-order valence-electron chi connectivity index (χ1n) is 3.79. The summed E-state index contributed by atoms with van der Waals surface area (Å²) in [6.45, 7) is 1.43. The van der Waals surface area contributed by atoms with Crippen molar-refractivity contribution < 1.29 is 15.4 Å². The molecule has 0 aromatic heterocycles. The molecule has 0 saturated heterocycles. The van der Waals surface area contributed by atoms with Gasteiger partial charge >= 0.3 is 5.97 Å². The summed E-state index contributed by atoms with van der Waals surface area (Å²) in [6.07, 6.45) is 0. The van der Waals surface area contributed by atoms with Gasteiger partial charge in [-0.05, 0) is 19.1 Å². The van der Waals surface area contributed by atoms with E-state index in [0.29, 0.717) is 0 Å². The van der Waals surface area contributed by atoms with Crippen molar-refractivity contribution in [2.45, 2.75) is 6.92 Å². The molecular formula is C9H12N2O3. The van der Waals surface area contributed by atoms with Crippen LogP contribution in [0.3, 0.4) is 0 Å². The molecule has 1 aromatic rings. The molecule has 0 fully saturated rings. The predicted molar refractivity (Wildman–Crippen MR) is 54.4 cm³/mol. The molecule has 0 saturated carbocycles. The Labute approximate surface area is 81.4 Å². The molecule has 76 valence electrons. The lowest BCUT2D eigenvalue weighted by molar-refractivity contribution is -0.129. The lowest BCUT2D eigenvalue weighted by atomic mass is 10.3. The second-order valence-corrected chi connectivity index (χ2v) is 2.48. The highest BCUT2D eigenvalue weighted by molar-refractivity contribution is 6.34. The third-order valence-electron chi connectivity index (χ3n) is 1.44. The molecular weight excluding hydrogens is 184 g/mol. The van der Waals surface area contributed by atoms with Crippen molar-refractivity contribution in [2.24, 2.45) is 5.10 Å². The number of hydrazone groups is 1. The fraction of sp³-hybridized carbons (Fsp3) is 0.111. The van der Waals surface area contributed by atoms with Gasteiger partial charge in [-0.15, -0.1) is 0 Å². The standard InChI is InChI=1S/C9H10N2O2.H2O/c1-7(9(12)13)10-11-8-5-3-2-4-6-8;/h2-6,11H,1H3,(H,12,13);1H2/b10-7+;. The Morgan fingerprint density at radius 3 is 2.43 bits per heavy atom. The van der Waals surface area contributed by atoms with Crippen LogP contribution in [0.5, 0.6) is 0 Å². The summed E-state index contributed by atoms with van der Waals surface area (Å²) in [5.41, 5.74) is 3.43. The Hall–Kier alpha value is -1.88. The molecule has 0 unspecified atom stereocenters. The average molecular weight is 196 g/mol. The number of hydrogen-bond acceptors (Lipinski definition) is 3. The van der Waals surface area contributed by atoms with E-state index in [-0.39, 0.29) is 11.2 Å². The van der Waals surface area contributed by atoms with Gasteiger partial charge in [-0.1, -0.05) is 18.2 Å². The zero-order valence-corrected chi connectivity index (χ0v) is 7.69. The van der Waals surface area contributed by atoms with Gasteiger partial charge in [-0.2, -0.15) is 5.10 Å². The van der Waals surface area contributed by atoms with E-state index in [1.54, 1.807) is 12.1 Å². The molecule has 0 aliphatic rings. The zero-order valence-electron chi connectivity index (χ0n) is 7.69. The molecule has 5 heteroatoms. The first-order valence-corrected chi connectivity index (χ1v) is 3.79. The molecule has 0 amide bonds. The van der Waals surface area contributed by atoms with E-state index >= 15 is 0 Å². The van der Waals surface area contributed by atoms with Gasteiger partial charge in [0.25, 0.3) is 0 Å². The smallest absolute Gasteiger partial charge is 0.351 e. The van der Waals surface area contributed by atoms with Crippen molar-refractivity contribution in [3.05, 3.63) is 30.3 Å². The van der Waals surface area contributed by atoms with Crippen LogP contribution in [0.25, 0.3) is 0 Å². The molecule has 1 rings (SSSR count). The third kappa shape index (κ3) is 3.68. The van der Waals surface area contributed by atoms with Crippen molar-refractivity contribution in [3.63, 3.8) is 0 Å². The van der Waals surface area contributed by atoms with Crippen LogP contribution in [0.15, 0.2) is 35.4 Å². The Morgan fingerprint density at radius 2 is 1.93 bits per heavy atom. The lowest BCUT2D eigenvalue weighted by Gasteiger charge is -1.98. The second-order valence-electron chi connectivity index (χ2n) is 2.48. The van der Waals surface area contributed by atoms with Gasteiger partial charge in [-0.25, -0.2) is 4.79 Å². The van der Waals surface area contributed by atoms with Crippen LogP contribution >= 0.6 is 0 Å². The maximum Gasteiger partial charge on any atom is 0.351 e. The molecule has 0 aliphatic carbocycles. The van der Waals surface area contributed by atoms with Crippen molar-refractivity contribution in [1.29, 1.82) is 0 Å². The minimum atomic E-state index is -1.02. The predicted octanol–water partition coefficient (Wildman–Crippen LogP) is 0.734. The quantitative estimate of drug-likeness (QED) is 0.551. The molecule has 5 nitrogen and oxygen atoms in total. The van der Waals surface area contributed by atoms with E-state index in [1.165, 1.54) is 6.92 Å². The van der Waals surface area contributed by atoms with E-state index in [0.717, 1.165) is 5.69 Å². The van der Waals surface area contributed by atoms with E-state index in [2.05, 4.69) is 10.5 Å². The second kappa shape index (κ2) is 5.71. The van der Waals surface area contributed by atoms with Crippen LogP contribution in [-0.2, 0) is 4.79 Å². The monoisotopic (exact) mass is 196 g/mol. The Bertz CT molecular complexity index is 322. The maximum atomic E-state index is 10.3. The number of rotatable bonds is 3. The van der Waals surface area contributed by atoms with Crippen molar-refractivity contribution >= 4 is 17.4 Å². The number of benzene rings is 1. The minimum Gasteiger partial charge on any atom is -0.477 e. The summed E-state index contributed by atoms with van der Waals surface area (Å²) in [5.74, 6) is -1.02. The summed E-state index contributed by atoms with van der Waals surface area (Å²) in [5, 5.41) is 12.2.